The predicted octanol–water partition coefficient (Wildman–Crippen LogP) is 3.63. The standard InChI is InChI=1S/C16H11N3O/c17-16-15(18-11-6-2-3-7-12(11)19-16)14-9-10-5-1-4-8-13(10)20-14/h1-9H,(H2,17,19). The second-order valence-corrected chi connectivity index (χ2v) is 4.59. The summed E-state index contributed by atoms with van der Waals surface area (Å²) in [6.07, 6.45) is 0. The van der Waals surface area contributed by atoms with Crippen LogP contribution in [0.2, 0.25) is 0 Å². The highest BCUT2D eigenvalue weighted by Crippen LogP contribution is 2.30. The number of nitrogen functional groups attached to an aromatic ring is 1. The van der Waals surface area contributed by atoms with E-state index < -0.39 is 0 Å². The summed E-state index contributed by atoms with van der Waals surface area (Å²) in [6, 6.07) is 17.4. The Labute approximate surface area is 114 Å². The van der Waals surface area contributed by atoms with Gasteiger partial charge in [0.15, 0.2) is 11.6 Å². The average molecular weight is 261 g/mol. The fourth-order valence-electron chi connectivity index (χ4n) is 2.29. The third kappa shape index (κ3) is 1.62. The van der Waals surface area contributed by atoms with Crippen LogP contribution < -0.4 is 5.73 Å². The smallest absolute Gasteiger partial charge is 0.157 e. The molecule has 4 heteroatoms. The molecule has 4 rings (SSSR count). The van der Waals surface area contributed by atoms with E-state index in [0.717, 1.165) is 22.0 Å². The number of nitrogens with two attached hydrogens (primary N) is 1. The van der Waals surface area contributed by atoms with Gasteiger partial charge in [0.1, 0.15) is 11.3 Å². The minimum Gasteiger partial charge on any atom is -0.454 e. The van der Waals surface area contributed by atoms with Crippen LogP contribution in [0.4, 0.5) is 5.82 Å². The molecule has 2 aromatic heterocycles. The van der Waals surface area contributed by atoms with E-state index in [9.17, 15) is 0 Å². The predicted molar refractivity (Wildman–Crippen MR) is 79.2 cm³/mol. The Morgan fingerprint density at radius 1 is 0.850 bits per heavy atom. The van der Waals surface area contributed by atoms with E-state index in [0.29, 0.717) is 17.3 Å². The number of hydrogen-bond donors (Lipinski definition) is 1. The Balaban J connectivity index is 1.98. The molecule has 20 heavy (non-hydrogen) atoms. The van der Waals surface area contributed by atoms with E-state index in [1.54, 1.807) is 0 Å². The van der Waals surface area contributed by atoms with Crippen molar-refractivity contribution < 1.29 is 4.42 Å². The number of rotatable bonds is 1. The number of fused-ring (bicyclic) bond motifs is 2. The van der Waals surface area contributed by atoms with Crippen molar-refractivity contribution in [2.45, 2.75) is 0 Å². The van der Waals surface area contributed by atoms with Gasteiger partial charge in [0.05, 0.1) is 11.0 Å². The summed E-state index contributed by atoms with van der Waals surface area (Å²) in [7, 11) is 0. The second kappa shape index (κ2) is 4.06. The Kier molecular flexibility index (Phi) is 2.23. The van der Waals surface area contributed by atoms with Gasteiger partial charge in [-0.05, 0) is 24.3 Å². The average Bonchev–Trinajstić information content (AvgIpc) is 2.90. The highest BCUT2D eigenvalue weighted by atomic mass is 16.3. The summed E-state index contributed by atoms with van der Waals surface area (Å²) in [5.41, 5.74) is 8.99. The lowest BCUT2D eigenvalue weighted by Gasteiger charge is -2.03. The van der Waals surface area contributed by atoms with Gasteiger partial charge in [-0.1, -0.05) is 30.3 Å². The van der Waals surface area contributed by atoms with Crippen LogP contribution in [0.1, 0.15) is 0 Å². The van der Waals surface area contributed by atoms with E-state index in [1.165, 1.54) is 0 Å². The molecule has 0 bridgehead atoms. The number of anilines is 1. The summed E-state index contributed by atoms with van der Waals surface area (Å²) >= 11 is 0. The third-order valence-corrected chi connectivity index (χ3v) is 3.26. The normalized spacial score (nSPS) is 11.2. The Hall–Kier alpha value is -2.88. The molecule has 2 N–H and O–H groups in total. The van der Waals surface area contributed by atoms with Crippen LogP contribution in [0, 0.1) is 0 Å². The Bertz CT molecular complexity index is 894. The van der Waals surface area contributed by atoms with Crippen molar-refractivity contribution in [3.05, 3.63) is 54.6 Å². The molecule has 0 aliphatic carbocycles. The number of hydrogen-bond acceptors (Lipinski definition) is 4. The van der Waals surface area contributed by atoms with Gasteiger partial charge < -0.3 is 10.2 Å². The van der Waals surface area contributed by atoms with Gasteiger partial charge in [0.2, 0.25) is 0 Å². The largest absolute Gasteiger partial charge is 0.454 e. The topological polar surface area (TPSA) is 64.9 Å². The van der Waals surface area contributed by atoms with Crippen LogP contribution in [0.5, 0.6) is 0 Å². The monoisotopic (exact) mass is 261 g/mol. The molecular formula is C16H11N3O. The Morgan fingerprint density at radius 2 is 1.55 bits per heavy atom. The SMILES string of the molecule is Nc1nc2ccccc2nc1-c1cc2ccccc2o1. The molecule has 2 heterocycles. The molecule has 0 aliphatic rings. The molecule has 0 unspecified atom stereocenters. The number of furan rings is 1. The minimum absolute atomic E-state index is 0.378. The van der Waals surface area contributed by atoms with Crippen molar-refractivity contribution in [2.24, 2.45) is 0 Å². The lowest BCUT2D eigenvalue weighted by molar-refractivity contribution is 0.629. The fourth-order valence-corrected chi connectivity index (χ4v) is 2.29. The molecule has 0 saturated heterocycles. The van der Waals surface area contributed by atoms with E-state index in [1.807, 2.05) is 54.6 Å². The van der Waals surface area contributed by atoms with Crippen molar-refractivity contribution in [3.8, 4) is 11.5 Å². The summed E-state index contributed by atoms with van der Waals surface area (Å²) < 4.78 is 5.80. The maximum Gasteiger partial charge on any atom is 0.157 e. The van der Waals surface area contributed by atoms with Crippen LogP contribution in [-0.2, 0) is 0 Å². The van der Waals surface area contributed by atoms with Crippen molar-refractivity contribution in [1.29, 1.82) is 0 Å². The molecular weight excluding hydrogens is 250 g/mol. The maximum atomic E-state index is 6.01. The lowest BCUT2D eigenvalue weighted by atomic mass is 10.2. The molecule has 0 spiro atoms. The number of nitrogens with zero attached hydrogens (tertiary/aromatic N) is 2. The van der Waals surface area contributed by atoms with Gasteiger partial charge in [0.25, 0.3) is 0 Å². The quantitative estimate of drug-likeness (QED) is 0.568. The number of benzene rings is 2. The van der Waals surface area contributed by atoms with Crippen molar-refractivity contribution >= 4 is 27.8 Å². The van der Waals surface area contributed by atoms with Crippen LogP contribution in [0.3, 0.4) is 0 Å². The zero-order valence-corrected chi connectivity index (χ0v) is 10.6. The molecule has 2 aromatic carbocycles. The first-order valence-electron chi connectivity index (χ1n) is 6.32. The van der Waals surface area contributed by atoms with E-state index in [2.05, 4.69) is 9.97 Å². The van der Waals surface area contributed by atoms with E-state index in [-0.39, 0.29) is 0 Å². The molecule has 0 amide bonds. The third-order valence-electron chi connectivity index (χ3n) is 3.26. The molecule has 0 saturated carbocycles. The van der Waals surface area contributed by atoms with Crippen LogP contribution >= 0.6 is 0 Å². The van der Waals surface area contributed by atoms with E-state index >= 15 is 0 Å². The molecule has 0 aliphatic heterocycles. The van der Waals surface area contributed by atoms with Crippen molar-refractivity contribution in [3.63, 3.8) is 0 Å². The van der Waals surface area contributed by atoms with Crippen molar-refractivity contribution in [2.75, 3.05) is 5.73 Å². The van der Waals surface area contributed by atoms with Crippen molar-refractivity contribution in [1.82, 2.24) is 9.97 Å². The lowest BCUT2D eigenvalue weighted by Crippen LogP contribution is -1.97. The number of aromatic nitrogens is 2. The summed E-state index contributed by atoms with van der Waals surface area (Å²) in [5, 5.41) is 1.02. The zero-order valence-electron chi connectivity index (χ0n) is 10.6. The van der Waals surface area contributed by atoms with Crippen LogP contribution in [0.25, 0.3) is 33.5 Å². The zero-order chi connectivity index (χ0) is 13.5. The maximum absolute atomic E-state index is 6.01. The van der Waals surface area contributed by atoms with Crippen LogP contribution in [-0.4, -0.2) is 9.97 Å². The molecule has 0 atom stereocenters. The first kappa shape index (κ1) is 11.0. The first-order chi connectivity index (χ1) is 9.81. The summed E-state index contributed by atoms with van der Waals surface area (Å²) in [6.45, 7) is 0. The van der Waals surface area contributed by atoms with E-state index in [4.69, 9.17) is 10.2 Å². The van der Waals surface area contributed by atoms with Gasteiger partial charge in [-0.2, -0.15) is 0 Å². The Morgan fingerprint density at radius 3 is 2.35 bits per heavy atom. The molecule has 4 nitrogen and oxygen atoms in total. The molecule has 96 valence electrons. The molecule has 0 fully saturated rings. The minimum atomic E-state index is 0.378. The highest BCUT2D eigenvalue weighted by Gasteiger charge is 2.12. The van der Waals surface area contributed by atoms with Gasteiger partial charge in [-0.15, -0.1) is 0 Å². The first-order valence-corrected chi connectivity index (χ1v) is 6.32. The molecule has 4 aromatic rings. The highest BCUT2D eigenvalue weighted by molar-refractivity contribution is 5.86. The number of para-hydroxylation sites is 3. The molecule has 0 radical (unpaired) electrons. The fraction of sp³-hybridized carbons (Fsp3) is 0. The van der Waals surface area contributed by atoms with Gasteiger partial charge in [0, 0.05) is 5.39 Å². The summed E-state index contributed by atoms with van der Waals surface area (Å²) in [4.78, 5) is 8.94. The van der Waals surface area contributed by atoms with Gasteiger partial charge in [-0.3, -0.25) is 0 Å². The van der Waals surface area contributed by atoms with Gasteiger partial charge in [-0.25, -0.2) is 9.97 Å². The van der Waals surface area contributed by atoms with Gasteiger partial charge >= 0.3 is 0 Å². The summed E-state index contributed by atoms with van der Waals surface area (Å²) in [5.74, 6) is 1.02. The second-order valence-electron chi connectivity index (χ2n) is 4.59. The van der Waals surface area contributed by atoms with Crippen LogP contribution in [0.15, 0.2) is 59.0 Å².